The summed E-state index contributed by atoms with van der Waals surface area (Å²) in [6.45, 7) is 1.58. The number of nitrogens with one attached hydrogen (secondary N) is 2. The maximum absolute atomic E-state index is 5.60. The van der Waals surface area contributed by atoms with Crippen molar-refractivity contribution in [1.82, 2.24) is 10.9 Å². The minimum absolute atomic E-state index is 0.701. The van der Waals surface area contributed by atoms with E-state index in [0.29, 0.717) is 6.61 Å². The van der Waals surface area contributed by atoms with Gasteiger partial charge in [-0.05, 0) is 12.1 Å². The summed E-state index contributed by atoms with van der Waals surface area (Å²) < 4.78 is 5.60. The molecule has 0 aliphatic carbocycles. The molecule has 1 aromatic rings. The van der Waals surface area contributed by atoms with E-state index < -0.39 is 0 Å². The van der Waals surface area contributed by atoms with Crippen LogP contribution in [-0.2, 0) is 0 Å². The van der Waals surface area contributed by atoms with Crippen LogP contribution in [0, 0.1) is 0 Å². The Labute approximate surface area is 76.4 Å². The summed E-state index contributed by atoms with van der Waals surface area (Å²) >= 11 is 0. The van der Waals surface area contributed by atoms with Crippen molar-refractivity contribution >= 4 is 5.70 Å². The van der Waals surface area contributed by atoms with Gasteiger partial charge in [-0.3, -0.25) is 0 Å². The van der Waals surface area contributed by atoms with Gasteiger partial charge in [0.2, 0.25) is 0 Å². The first-order valence-corrected chi connectivity index (χ1v) is 4.38. The maximum atomic E-state index is 5.60. The summed E-state index contributed by atoms with van der Waals surface area (Å²) in [4.78, 5) is 0. The van der Waals surface area contributed by atoms with Crippen molar-refractivity contribution in [3.8, 4) is 5.75 Å². The highest BCUT2D eigenvalue weighted by molar-refractivity contribution is 5.74. The van der Waals surface area contributed by atoms with E-state index in [4.69, 9.17) is 4.74 Å². The van der Waals surface area contributed by atoms with Crippen LogP contribution < -0.4 is 15.6 Å². The fourth-order valence-corrected chi connectivity index (χ4v) is 1.76. The molecule has 2 aliphatic heterocycles. The summed E-state index contributed by atoms with van der Waals surface area (Å²) in [6.07, 6.45) is 0. The van der Waals surface area contributed by atoms with Crippen LogP contribution in [0.2, 0.25) is 0 Å². The number of benzene rings is 1. The molecule has 0 radical (unpaired) electrons. The average molecular weight is 174 g/mol. The Morgan fingerprint density at radius 2 is 2.15 bits per heavy atom. The number of rotatable bonds is 0. The molecule has 3 rings (SSSR count). The molecule has 13 heavy (non-hydrogen) atoms. The fourth-order valence-electron chi connectivity index (χ4n) is 1.76. The number of para-hydroxylation sites is 1. The Balaban J connectivity index is 2.18. The molecule has 3 nitrogen and oxygen atoms in total. The van der Waals surface area contributed by atoms with Crippen LogP contribution in [0.25, 0.3) is 5.70 Å². The summed E-state index contributed by atoms with van der Waals surface area (Å²) in [6, 6.07) is 8.09. The van der Waals surface area contributed by atoms with Gasteiger partial charge in [-0.25, -0.2) is 5.43 Å². The van der Waals surface area contributed by atoms with Crippen molar-refractivity contribution in [2.24, 2.45) is 0 Å². The van der Waals surface area contributed by atoms with Gasteiger partial charge in [-0.2, -0.15) is 0 Å². The molecule has 0 aromatic heterocycles. The average Bonchev–Trinajstić information content (AvgIpc) is 2.65. The van der Waals surface area contributed by atoms with Crippen molar-refractivity contribution in [2.45, 2.75) is 0 Å². The highest BCUT2D eigenvalue weighted by Gasteiger charge is 2.22. The lowest BCUT2D eigenvalue weighted by molar-refractivity contribution is 0.345. The lowest BCUT2D eigenvalue weighted by Gasteiger charge is -2.18. The highest BCUT2D eigenvalue weighted by Crippen LogP contribution is 2.31. The van der Waals surface area contributed by atoms with Crippen LogP contribution >= 0.6 is 0 Å². The number of ether oxygens (including phenoxy) is 1. The Hall–Kier alpha value is -1.48. The third-order valence-electron chi connectivity index (χ3n) is 2.43. The monoisotopic (exact) mass is 174 g/mol. The van der Waals surface area contributed by atoms with Gasteiger partial charge in [-0.15, -0.1) is 0 Å². The summed E-state index contributed by atoms with van der Waals surface area (Å²) in [5.74, 6) is 0.970. The van der Waals surface area contributed by atoms with Gasteiger partial charge in [0.1, 0.15) is 12.4 Å². The van der Waals surface area contributed by atoms with Crippen LogP contribution in [0.5, 0.6) is 5.75 Å². The zero-order valence-corrected chi connectivity index (χ0v) is 7.13. The minimum atomic E-state index is 0.701. The van der Waals surface area contributed by atoms with E-state index in [1.165, 1.54) is 11.3 Å². The maximum Gasteiger partial charge on any atom is 0.129 e. The molecule has 0 spiro atoms. The standard InChI is InChI=1S/C10H10N2O/c1-2-4-9-8(3-1)10-7(6-13-9)5-11-12-10/h1-4,11-12H,5-6H2. The van der Waals surface area contributed by atoms with E-state index in [2.05, 4.69) is 16.9 Å². The molecule has 0 saturated carbocycles. The van der Waals surface area contributed by atoms with Crippen molar-refractivity contribution in [2.75, 3.05) is 13.2 Å². The van der Waals surface area contributed by atoms with Crippen LogP contribution in [0.3, 0.4) is 0 Å². The van der Waals surface area contributed by atoms with E-state index >= 15 is 0 Å². The van der Waals surface area contributed by atoms with Crippen molar-refractivity contribution in [3.63, 3.8) is 0 Å². The van der Waals surface area contributed by atoms with Gasteiger partial charge in [-0.1, -0.05) is 12.1 Å². The number of hydrogen-bond acceptors (Lipinski definition) is 3. The molecule has 0 amide bonds. The first-order chi connectivity index (χ1) is 6.45. The largest absolute Gasteiger partial charge is 0.488 e. The van der Waals surface area contributed by atoms with E-state index in [9.17, 15) is 0 Å². The third kappa shape index (κ3) is 0.939. The van der Waals surface area contributed by atoms with E-state index in [0.717, 1.165) is 17.9 Å². The van der Waals surface area contributed by atoms with Crippen LogP contribution in [0.15, 0.2) is 29.8 Å². The minimum Gasteiger partial charge on any atom is -0.488 e. The van der Waals surface area contributed by atoms with Crippen LogP contribution in [-0.4, -0.2) is 13.2 Å². The molecule has 0 atom stereocenters. The Kier molecular flexibility index (Phi) is 1.34. The van der Waals surface area contributed by atoms with Crippen molar-refractivity contribution < 1.29 is 4.74 Å². The molecule has 3 heteroatoms. The predicted molar refractivity (Wildman–Crippen MR) is 50.0 cm³/mol. The first kappa shape index (κ1) is 6.97. The van der Waals surface area contributed by atoms with E-state index in [1.54, 1.807) is 0 Å². The number of hydrazine groups is 1. The lowest BCUT2D eigenvalue weighted by Crippen LogP contribution is -2.23. The highest BCUT2D eigenvalue weighted by atomic mass is 16.5. The second-order valence-electron chi connectivity index (χ2n) is 3.24. The summed E-state index contributed by atoms with van der Waals surface area (Å²) in [5.41, 5.74) is 9.93. The molecule has 2 N–H and O–H groups in total. The van der Waals surface area contributed by atoms with Crippen LogP contribution in [0.4, 0.5) is 0 Å². The Morgan fingerprint density at radius 1 is 1.23 bits per heavy atom. The van der Waals surface area contributed by atoms with Crippen molar-refractivity contribution in [3.05, 3.63) is 35.4 Å². The fraction of sp³-hybridized carbons (Fsp3) is 0.200. The molecule has 1 aromatic carbocycles. The normalized spacial score (nSPS) is 18.8. The van der Waals surface area contributed by atoms with Gasteiger partial charge in [0.15, 0.2) is 0 Å². The molecule has 0 fully saturated rings. The van der Waals surface area contributed by atoms with Crippen LogP contribution in [0.1, 0.15) is 5.56 Å². The first-order valence-electron chi connectivity index (χ1n) is 4.38. The summed E-state index contributed by atoms with van der Waals surface area (Å²) in [7, 11) is 0. The summed E-state index contributed by atoms with van der Waals surface area (Å²) in [5, 5.41) is 0. The predicted octanol–water partition coefficient (Wildman–Crippen LogP) is 0.898. The molecular weight excluding hydrogens is 164 g/mol. The SMILES string of the molecule is c1ccc2c(c1)OCC1=C2NNC1. The van der Waals surface area contributed by atoms with Gasteiger partial charge < -0.3 is 10.2 Å². The molecule has 0 saturated heterocycles. The van der Waals surface area contributed by atoms with Gasteiger partial charge in [0.25, 0.3) is 0 Å². The Morgan fingerprint density at radius 3 is 3.15 bits per heavy atom. The quantitative estimate of drug-likeness (QED) is 0.613. The third-order valence-corrected chi connectivity index (χ3v) is 2.43. The molecular formula is C10H10N2O. The Bertz CT molecular complexity index is 384. The number of fused-ring (bicyclic) bond motifs is 2. The second kappa shape index (κ2) is 2.50. The topological polar surface area (TPSA) is 33.3 Å². The van der Waals surface area contributed by atoms with Gasteiger partial charge in [0.05, 0.1) is 5.70 Å². The molecule has 2 aliphatic rings. The smallest absolute Gasteiger partial charge is 0.129 e. The molecule has 2 heterocycles. The number of hydrogen-bond donors (Lipinski definition) is 2. The van der Waals surface area contributed by atoms with Gasteiger partial charge >= 0.3 is 0 Å². The zero-order chi connectivity index (χ0) is 8.67. The van der Waals surface area contributed by atoms with E-state index in [-0.39, 0.29) is 0 Å². The van der Waals surface area contributed by atoms with Gasteiger partial charge in [0, 0.05) is 17.7 Å². The molecule has 0 unspecified atom stereocenters. The zero-order valence-electron chi connectivity index (χ0n) is 7.13. The van der Waals surface area contributed by atoms with Crippen molar-refractivity contribution in [1.29, 1.82) is 0 Å². The second-order valence-corrected chi connectivity index (χ2v) is 3.24. The molecule has 0 bridgehead atoms. The molecule has 66 valence electrons. The lowest BCUT2D eigenvalue weighted by atomic mass is 10.0. The van der Waals surface area contributed by atoms with E-state index in [1.807, 2.05) is 18.2 Å².